The summed E-state index contributed by atoms with van der Waals surface area (Å²) in [6.07, 6.45) is 6.11. The number of nitrogens with two attached hydrogens (primary N) is 1. The zero-order chi connectivity index (χ0) is 13.0. The third-order valence-corrected chi connectivity index (χ3v) is 4.03. The van der Waals surface area contributed by atoms with Gasteiger partial charge in [-0.15, -0.1) is 0 Å². The van der Waals surface area contributed by atoms with Crippen molar-refractivity contribution in [1.29, 1.82) is 0 Å². The molecule has 1 atom stereocenters. The van der Waals surface area contributed by atoms with Gasteiger partial charge in [-0.2, -0.15) is 0 Å². The summed E-state index contributed by atoms with van der Waals surface area (Å²) in [5.41, 5.74) is 10.0. The summed E-state index contributed by atoms with van der Waals surface area (Å²) in [5.74, 6) is 0. The molecular formula is C16H26N2. The molecule has 0 saturated heterocycles. The van der Waals surface area contributed by atoms with Crippen molar-refractivity contribution >= 4 is 5.69 Å². The van der Waals surface area contributed by atoms with E-state index in [0.29, 0.717) is 6.04 Å². The molecule has 18 heavy (non-hydrogen) atoms. The molecule has 2 nitrogen and oxygen atoms in total. The van der Waals surface area contributed by atoms with E-state index in [1.165, 1.54) is 49.9 Å². The first-order valence-electron chi connectivity index (χ1n) is 7.36. The lowest BCUT2D eigenvalue weighted by molar-refractivity contribution is 0.180. The summed E-state index contributed by atoms with van der Waals surface area (Å²) < 4.78 is 0. The van der Waals surface area contributed by atoms with E-state index in [1.54, 1.807) is 0 Å². The minimum atomic E-state index is 0.696. The number of anilines is 1. The zero-order valence-corrected chi connectivity index (χ0v) is 11.8. The maximum Gasteiger partial charge on any atom is 0.0349 e. The van der Waals surface area contributed by atoms with Crippen LogP contribution in [0.2, 0.25) is 0 Å². The highest BCUT2D eigenvalue weighted by Gasteiger charge is 2.24. The van der Waals surface area contributed by atoms with Crippen LogP contribution in [0.1, 0.15) is 44.2 Å². The van der Waals surface area contributed by atoms with Gasteiger partial charge in [-0.25, -0.2) is 0 Å². The second kappa shape index (κ2) is 6.24. The van der Waals surface area contributed by atoms with Crippen molar-refractivity contribution in [2.45, 2.75) is 52.0 Å². The highest BCUT2D eigenvalue weighted by atomic mass is 15.1. The summed E-state index contributed by atoms with van der Waals surface area (Å²) in [7, 11) is 0. The van der Waals surface area contributed by atoms with Crippen molar-refractivity contribution in [2.75, 3.05) is 18.8 Å². The minimum Gasteiger partial charge on any atom is -0.398 e. The average molecular weight is 246 g/mol. The summed E-state index contributed by atoms with van der Waals surface area (Å²) in [5, 5.41) is 0. The molecule has 0 bridgehead atoms. The maximum atomic E-state index is 6.13. The smallest absolute Gasteiger partial charge is 0.0349 e. The van der Waals surface area contributed by atoms with Crippen LogP contribution in [0.4, 0.5) is 5.69 Å². The number of aryl methyl sites for hydroxylation is 1. The van der Waals surface area contributed by atoms with Gasteiger partial charge in [0.25, 0.3) is 0 Å². The third-order valence-electron chi connectivity index (χ3n) is 4.03. The van der Waals surface area contributed by atoms with Gasteiger partial charge in [0.15, 0.2) is 0 Å². The van der Waals surface area contributed by atoms with E-state index in [-0.39, 0.29) is 0 Å². The van der Waals surface area contributed by atoms with Crippen molar-refractivity contribution in [3.63, 3.8) is 0 Å². The number of nitrogens with zero attached hydrogens (tertiary/aromatic N) is 1. The number of hydrogen-bond acceptors (Lipinski definition) is 2. The molecule has 0 spiro atoms. The van der Waals surface area contributed by atoms with Crippen LogP contribution >= 0.6 is 0 Å². The minimum absolute atomic E-state index is 0.696. The van der Waals surface area contributed by atoms with Crippen LogP contribution in [0.3, 0.4) is 0 Å². The molecule has 100 valence electrons. The normalized spacial score (nSPS) is 18.9. The van der Waals surface area contributed by atoms with Crippen LogP contribution in [-0.4, -0.2) is 24.0 Å². The number of benzene rings is 1. The predicted molar refractivity (Wildman–Crippen MR) is 78.8 cm³/mol. The fourth-order valence-corrected chi connectivity index (χ4v) is 3.16. The van der Waals surface area contributed by atoms with Gasteiger partial charge in [0.1, 0.15) is 0 Å². The fraction of sp³-hybridized carbons (Fsp3) is 0.625. The SMILES string of the molecule is CCCN(CCC)[C@H]1CCc2cccc(N)c2C1. The fourth-order valence-electron chi connectivity index (χ4n) is 3.16. The van der Waals surface area contributed by atoms with E-state index < -0.39 is 0 Å². The molecule has 0 aliphatic heterocycles. The summed E-state index contributed by atoms with van der Waals surface area (Å²) in [6.45, 7) is 6.99. The van der Waals surface area contributed by atoms with Gasteiger partial charge >= 0.3 is 0 Å². The molecule has 2 heteroatoms. The van der Waals surface area contributed by atoms with Crippen LogP contribution < -0.4 is 5.73 Å². The molecule has 0 unspecified atom stereocenters. The Morgan fingerprint density at radius 2 is 1.94 bits per heavy atom. The number of rotatable bonds is 5. The second-order valence-corrected chi connectivity index (χ2v) is 5.42. The van der Waals surface area contributed by atoms with Crippen LogP contribution in [0.15, 0.2) is 18.2 Å². The summed E-state index contributed by atoms with van der Waals surface area (Å²) in [6, 6.07) is 7.07. The Hall–Kier alpha value is -1.02. The quantitative estimate of drug-likeness (QED) is 0.808. The van der Waals surface area contributed by atoms with Crippen LogP contribution in [-0.2, 0) is 12.8 Å². The highest BCUT2D eigenvalue weighted by molar-refractivity contribution is 5.52. The molecule has 1 aromatic rings. The predicted octanol–water partition coefficient (Wildman–Crippen LogP) is 3.25. The Morgan fingerprint density at radius 3 is 2.61 bits per heavy atom. The van der Waals surface area contributed by atoms with Gasteiger partial charge in [-0.1, -0.05) is 26.0 Å². The first-order chi connectivity index (χ1) is 8.76. The van der Waals surface area contributed by atoms with E-state index in [0.717, 1.165) is 12.1 Å². The van der Waals surface area contributed by atoms with Crippen LogP contribution in [0.25, 0.3) is 0 Å². The summed E-state index contributed by atoms with van der Waals surface area (Å²) >= 11 is 0. The molecule has 1 aromatic carbocycles. The van der Waals surface area contributed by atoms with Gasteiger partial charge in [-0.05, 0) is 62.4 Å². The monoisotopic (exact) mass is 246 g/mol. The molecule has 0 fully saturated rings. The van der Waals surface area contributed by atoms with Gasteiger partial charge < -0.3 is 10.6 Å². The lowest BCUT2D eigenvalue weighted by atomic mass is 9.86. The molecule has 0 heterocycles. The van der Waals surface area contributed by atoms with Gasteiger partial charge in [0.05, 0.1) is 0 Å². The Labute approximate surface area is 111 Å². The molecule has 0 aromatic heterocycles. The van der Waals surface area contributed by atoms with Crippen molar-refractivity contribution < 1.29 is 0 Å². The van der Waals surface area contributed by atoms with E-state index in [4.69, 9.17) is 5.73 Å². The molecule has 0 amide bonds. The third kappa shape index (κ3) is 2.86. The van der Waals surface area contributed by atoms with Crippen molar-refractivity contribution in [2.24, 2.45) is 0 Å². The average Bonchev–Trinajstić information content (AvgIpc) is 2.39. The Balaban J connectivity index is 2.12. The molecule has 0 radical (unpaired) electrons. The first kappa shape index (κ1) is 13.4. The number of fused-ring (bicyclic) bond motifs is 1. The van der Waals surface area contributed by atoms with E-state index in [2.05, 4.69) is 30.9 Å². The Kier molecular flexibility index (Phi) is 4.65. The van der Waals surface area contributed by atoms with Crippen LogP contribution in [0.5, 0.6) is 0 Å². The topological polar surface area (TPSA) is 29.3 Å². The molecular weight excluding hydrogens is 220 g/mol. The molecule has 2 rings (SSSR count). The second-order valence-electron chi connectivity index (χ2n) is 5.42. The van der Waals surface area contributed by atoms with Crippen molar-refractivity contribution in [1.82, 2.24) is 4.90 Å². The number of nitrogen functional groups attached to an aromatic ring is 1. The van der Waals surface area contributed by atoms with Gasteiger partial charge in [-0.3, -0.25) is 0 Å². The van der Waals surface area contributed by atoms with E-state index in [9.17, 15) is 0 Å². The lowest BCUT2D eigenvalue weighted by Crippen LogP contribution is -2.40. The molecule has 1 aliphatic carbocycles. The molecule has 2 N–H and O–H groups in total. The standard InChI is InChI=1S/C16H26N2/c1-3-10-18(11-4-2)14-9-8-13-6-5-7-16(17)15(13)12-14/h5-7,14H,3-4,8-12,17H2,1-2H3/t14-/m0/s1. The Morgan fingerprint density at radius 1 is 1.22 bits per heavy atom. The highest BCUT2D eigenvalue weighted by Crippen LogP contribution is 2.28. The molecule has 1 aliphatic rings. The lowest BCUT2D eigenvalue weighted by Gasteiger charge is -2.35. The zero-order valence-electron chi connectivity index (χ0n) is 11.8. The van der Waals surface area contributed by atoms with Crippen molar-refractivity contribution in [3.05, 3.63) is 29.3 Å². The largest absolute Gasteiger partial charge is 0.398 e. The Bertz CT molecular complexity index is 381. The van der Waals surface area contributed by atoms with Crippen LogP contribution in [0, 0.1) is 0 Å². The first-order valence-corrected chi connectivity index (χ1v) is 7.36. The van der Waals surface area contributed by atoms with Gasteiger partial charge in [0, 0.05) is 11.7 Å². The molecule has 0 saturated carbocycles. The van der Waals surface area contributed by atoms with Crippen molar-refractivity contribution in [3.8, 4) is 0 Å². The maximum absolute atomic E-state index is 6.13. The van der Waals surface area contributed by atoms with E-state index in [1.807, 2.05) is 6.07 Å². The number of hydrogen-bond donors (Lipinski definition) is 1. The van der Waals surface area contributed by atoms with E-state index >= 15 is 0 Å². The van der Waals surface area contributed by atoms with Gasteiger partial charge in [0.2, 0.25) is 0 Å². The summed E-state index contributed by atoms with van der Waals surface area (Å²) in [4.78, 5) is 2.66.